The van der Waals surface area contributed by atoms with Gasteiger partial charge in [0.1, 0.15) is 17.5 Å². The minimum atomic E-state index is 0.0502. The Kier molecular flexibility index (Phi) is 4.88. The summed E-state index contributed by atoms with van der Waals surface area (Å²) >= 11 is 0. The van der Waals surface area contributed by atoms with E-state index in [9.17, 15) is 4.79 Å². The molecule has 0 bridgehead atoms. The molecule has 1 amide bonds. The Hall–Kier alpha value is -1.85. The molecule has 0 aliphatic carbocycles. The molecule has 1 aromatic rings. The van der Waals surface area contributed by atoms with Crippen LogP contribution in [0.15, 0.2) is 0 Å². The highest BCUT2D eigenvalue weighted by Gasteiger charge is 2.11. The summed E-state index contributed by atoms with van der Waals surface area (Å²) in [5.74, 6) is 1.71. The zero-order valence-corrected chi connectivity index (χ0v) is 11.4. The van der Waals surface area contributed by atoms with Gasteiger partial charge in [-0.25, -0.2) is 9.97 Å². The lowest BCUT2D eigenvalue weighted by atomic mass is 10.3. The van der Waals surface area contributed by atoms with Crippen LogP contribution in [-0.2, 0) is 4.79 Å². The van der Waals surface area contributed by atoms with Crippen molar-refractivity contribution < 1.29 is 4.79 Å². The van der Waals surface area contributed by atoms with Gasteiger partial charge in [-0.2, -0.15) is 0 Å². The van der Waals surface area contributed by atoms with Gasteiger partial charge in [0, 0.05) is 18.7 Å². The fraction of sp³-hybridized carbons (Fsp3) is 0.583. The van der Waals surface area contributed by atoms with Crippen LogP contribution in [0, 0.1) is 13.8 Å². The Labute approximate surface area is 108 Å². The topological polar surface area (TPSA) is 84.1 Å². The van der Waals surface area contributed by atoms with Crippen LogP contribution in [0.1, 0.15) is 25.2 Å². The number of rotatable bonds is 5. The number of hydrogen-bond acceptors (Lipinski definition) is 5. The third kappa shape index (κ3) is 3.32. The van der Waals surface area contributed by atoms with Crippen molar-refractivity contribution in [2.45, 2.75) is 27.7 Å². The number of likely N-dealkylation sites (N-methyl/N-ethyl adjacent to an activating group) is 1. The second-order valence-electron chi connectivity index (χ2n) is 4.05. The lowest BCUT2D eigenvalue weighted by Crippen LogP contribution is -2.35. The fourth-order valence-electron chi connectivity index (χ4n) is 1.67. The minimum absolute atomic E-state index is 0.0502. The van der Waals surface area contributed by atoms with E-state index >= 15 is 0 Å². The van der Waals surface area contributed by atoms with E-state index in [0.717, 1.165) is 5.56 Å². The lowest BCUT2D eigenvalue weighted by Gasteiger charge is -2.19. The fourth-order valence-corrected chi connectivity index (χ4v) is 1.67. The summed E-state index contributed by atoms with van der Waals surface area (Å²) in [6.07, 6.45) is 0. The standard InChI is InChI=1S/C12H21N5O/c1-5-17(6-2)10(18)7-14-12-8(3)11(13)15-9(4)16-12/h5-7H2,1-4H3,(H3,13,14,15,16). The molecule has 1 rings (SSSR count). The highest BCUT2D eigenvalue weighted by molar-refractivity contribution is 5.81. The van der Waals surface area contributed by atoms with Crippen molar-refractivity contribution in [3.63, 3.8) is 0 Å². The number of aromatic nitrogens is 2. The number of nitrogens with two attached hydrogens (primary N) is 1. The molecule has 1 aromatic heterocycles. The Morgan fingerprint density at radius 1 is 1.28 bits per heavy atom. The number of carbonyl (C=O) groups excluding carboxylic acids is 1. The molecular formula is C12H21N5O. The van der Waals surface area contributed by atoms with E-state index in [4.69, 9.17) is 5.73 Å². The van der Waals surface area contributed by atoms with E-state index in [-0.39, 0.29) is 12.5 Å². The average molecular weight is 251 g/mol. The van der Waals surface area contributed by atoms with Crippen LogP contribution in [0.2, 0.25) is 0 Å². The lowest BCUT2D eigenvalue weighted by molar-refractivity contribution is -0.128. The number of hydrogen-bond donors (Lipinski definition) is 2. The summed E-state index contributed by atoms with van der Waals surface area (Å²) < 4.78 is 0. The minimum Gasteiger partial charge on any atom is -0.383 e. The molecule has 18 heavy (non-hydrogen) atoms. The van der Waals surface area contributed by atoms with Crippen molar-refractivity contribution in [2.24, 2.45) is 0 Å². The van der Waals surface area contributed by atoms with E-state index in [2.05, 4.69) is 15.3 Å². The molecule has 0 saturated carbocycles. The van der Waals surface area contributed by atoms with E-state index < -0.39 is 0 Å². The monoisotopic (exact) mass is 251 g/mol. The van der Waals surface area contributed by atoms with Crippen LogP contribution in [0.4, 0.5) is 11.6 Å². The first-order valence-corrected chi connectivity index (χ1v) is 6.11. The Morgan fingerprint density at radius 2 is 1.89 bits per heavy atom. The van der Waals surface area contributed by atoms with Crippen LogP contribution in [0.3, 0.4) is 0 Å². The van der Waals surface area contributed by atoms with Gasteiger partial charge in [-0.3, -0.25) is 4.79 Å². The number of nitrogen functional groups attached to an aromatic ring is 1. The van der Waals surface area contributed by atoms with Crippen LogP contribution in [0.25, 0.3) is 0 Å². The highest BCUT2D eigenvalue weighted by atomic mass is 16.2. The first-order valence-electron chi connectivity index (χ1n) is 6.11. The molecule has 6 nitrogen and oxygen atoms in total. The average Bonchev–Trinajstić information content (AvgIpc) is 2.33. The van der Waals surface area contributed by atoms with Gasteiger partial charge >= 0.3 is 0 Å². The molecule has 0 saturated heterocycles. The Balaban J connectivity index is 2.72. The summed E-state index contributed by atoms with van der Waals surface area (Å²) in [5, 5.41) is 3.02. The largest absolute Gasteiger partial charge is 0.383 e. The van der Waals surface area contributed by atoms with Gasteiger partial charge in [0.15, 0.2) is 0 Å². The second-order valence-corrected chi connectivity index (χ2v) is 4.05. The molecule has 0 fully saturated rings. The maximum absolute atomic E-state index is 11.8. The summed E-state index contributed by atoms with van der Waals surface area (Å²) in [6, 6.07) is 0. The van der Waals surface area contributed by atoms with Crippen LogP contribution in [-0.4, -0.2) is 40.4 Å². The SMILES string of the molecule is CCN(CC)C(=O)CNc1nc(C)nc(N)c1C. The molecule has 1 heterocycles. The Morgan fingerprint density at radius 3 is 2.44 bits per heavy atom. The number of anilines is 2. The third-order valence-corrected chi connectivity index (χ3v) is 2.82. The highest BCUT2D eigenvalue weighted by Crippen LogP contribution is 2.16. The van der Waals surface area contributed by atoms with Crippen LogP contribution >= 0.6 is 0 Å². The number of aryl methyl sites for hydroxylation is 1. The molecule has 6 heteroatoms. The van der Waals surface area contributed by atoms with E-state index in [1.165, 1.54) is 0 Å². The molecule has 0 aliphatic heterocycles. The predicted molar refractivity (Wildman–Crippen MR) is 72.3 cm³/mol. The Bertz CT molecular complexity index is 429. The van der Waals surface area contributed by atoms with Crippen molar-refractivity contribution in [3.8, 4) is 0 Å². The summed E-state index contributed by atoms with van der Waals surface area (Å²) in [7, 11) is 0. The zero-order valence-electron chi connectivity index (χ0n) is 11.4. The first kappa shape index (κ1) is 14.2. The number of amides is 1. The number of nitrogens with one attached hydrogen (secondary N) is 1. The van der Waals surface area contributed by atoms with E-state index in [1.54, 1.807) is 11.8 Å². The van der Waals surface area contributed by atoms with Gasteiger partial charge in [-0.05, 0) is 27.7 Å². The molecule has 0 radical (unpaired) electrons. The molecule has 100 valence electrons. The molecule has 0 spiro atoms. The van der Waals surface area contributed by atoms with Crippen LogP contribution in [0.5, 0.6) is 0 Å². The predicted octanol–water partition coefficient (Wildman–Crippen LogP) is 0.956. The van der Waals surface area contributed by atoms with E-state index in [0.29, 0.717) is 30.5 Å². The van der Waals surface area contributed by atoms with Gasteiger partial charge in [0.2, 0.25) is 5.91 Å². The van der Waals surface area contributed by atoms with Gasteiger partial charge in [-0.15, -0.1) is 0 Å². The maximum Gasteiger partial charge on any atom is 0.241 e. The maximum atomic E-state index is 11.8. The van der Waals surface area contributed by atoms with Crippen LogP contribution < -0.4 is 11.1 Å². The molecule has 0 unspecified atom stereocenters. The smallest absolute Gasteiger partial charge is 0.241 e. The van der Waals surface area contributed by atoms with Gasteiger partial charge in [0.25, 0.3) is 0 Å². The van der Waals surface area contributed by atoms with Gasteiger partial charge < -0.3 is 16.0 Å². The molecular weight excluding hydrogens is 230 g/mol. The van der Waals surface area contributed by atoms with Crippen molar-refractivity contribution in [1.29, 1.82) is 0 Å². The molecule has 3 N–H and O–H groups in total. The number of carbonyl (C=O) groups is 1. The molecule has 0 aliphatic rings. The van der Waals surface area contributed by atoms with Crippen molar-refractivity contribution in [1.82, 2.24) is 14.9 Å². The number of nitrogens with zero attached hydrogens (tertiary/aromatic N) is 3. The van der Waals surface area contributed by atoms with Gasteiger partial charge in [0.05, 0.1) is 6.54 Å². The molecule has 0 atom stereocenters. The summed E-state index contributed by atoms with van der Waals surface area (Å²) in [6.45, 7) is 9.16. The molecule has 0 aromatic carbocycles. The second kappa shape index (κ2) is 6.18. The van der Waals surface area contributed by atoms with Gasteiger partial charge in [-0.1, -0.05) is 0 Å². The summed E-state index contributed by atoms with van der Waals surface area (Å²) in [4.78, 5) is 21.9. The van der Waals surface area contributed by atoms with E-state index in [1.807, 2.05) is 20.8 Å². The summed E-state index contributed by atoms with van der Waals surface area (Å²) in [5.41, 5.74) is 6.52. The quantitative estimate of drug-likeness (QED) is 0.814. The van der Waals surface area contributed by atoms with Crippen molar-refractivity contribution in [2.75, 3.05) is 30.7 Å². The zero-order chi connectivity index (χ0) is 13.7. The van der Waals surface area contributed by atoms with Crippen molar-refractivity contribution >= 4 is 17.5 Å². The normalized spacial score (nSPS) is 10.2. The van der Waals surface area contributed by atoms with Crippen molar-refractivity contribution in [3.05, 3.63) is 11.4 Å². The third-order valence-electron chi connectivity index (χ3n) is 2.82. The first-order chi connectivity index (χ1) is 8.49.